The Bertz CT molecular complexity index is 1500. The molecule has 0 unspecified atom stereocenters. The van der Waals surface area contributed by atoms with Gasteiger partial charge in [-0.25, -0.2) is 10.1 Å². The van der Waals surface area contributed by atoms with E-state index in [-0.39, 0.29) is 5.69 Å². The van der Waals surface area contributed by atoms with E-state index in [9.17, 15) is 4.79 Å². The number of amides is 1. The molecule has 0 saturated heterocycles. The SMILES string of the molecule is Cc1ccc(-n2nc(C(=O)N/N=C\c3ccc(Cl)cc3)cc2-c2cccc3ccccc23)cc1. The second-order valence-corrected chi connectivity index (χ2v) is 8.38. The van der Waals surface area contributed by atoms with Crippen LogP contribution in [0.3, 0.4) is 0 Å². The highest BCUT2D eigenvalue weighted by Gasteiger charge is 2.18. The highest BCUT2D eigenvalue weighted by molar-refractivity contribution is 6.30. The number of hydrogen-bond acceptors (Lipinski definition) is 3. The zero-order chi connectivity index (χ0) is 23.5. The summed E-state index contributed by atoms with van der Waals surface area (Å²) in [5.41, 5.74) is 7.52. The molecule has 1 amide bonds. The lowest BCUT2D eigenvalue weighted by Crippen LogP contribution is -2.18. The van der Waals surface area contributed by atoms with Gasteiger partial charge in [0.25, 0.3) is 5.91 Å². The van der Waals surface area contributed by atoms with Gasteiger partial charge in [0, 0.05) is 10.6 Å². The van der Waals surface area contributed by atoms with Gasteiger partial charge in [-0.3, -0.25) is 4.79 Å². The Kier molecular flexibility index (Phi) is 5.93. The van der Waals surface area contributed by atoms with E-state index in [0.717, 1.165) is 38.8 Å². The molecule has 0 aliphatic carbocycles. The van der Waals surface area contributed by atoms with E-state index in [1.54, 1.807) is 29.1 Å². The number of carbonyl (C=O) groups is 1. The van der Waals surface area contributed by atoms with Crippen LogP contribution in [0.15, 0.2) is 102 Å². The Morgan fingerprint density at radius 3 is 2.47 bits per heavy atom. The Morgan fingerprint density at radius 1 is 0.941 bits per heavy atom. The van der Waals surface area contributed by atoms with E-state index in [2.05, 4.69) is 33.8 Å². The molecule has 4 aromatic carbocycles. The minimum absolute atomic E-state index is 0.275. The van der Waals surface area contributed by atoms with Crippen LogP contribution in [0.4, 0.5) is 0 Å². The number of nitrogens with one attached hydrogen (secondary N) is 1. The van der Waals surface area contributed by atoms with Crippen molar-refractivity contribution in [1.29, 1.82) is 0 Å². The average Bonchev–Trinajstić information content (AvgIpc) is 3.31. The molecule has 0 bridgehead atoms. The molecule has 1 aromatic heterocycles. The molecule has 0 aliphatic rings. The van der Waals surface area contributed by atoms with Gasteiger partial charge in [0.1, 0.15) is 0 Å². The molecule has 0 radical (unpaired) electrons. The maximum absolute atomic E-state index is 12.9. The van der Waals surface area contributed by atoms with E-state index in [1.807, 2.05) is 67.6 Å². The quantitative estimate of drug-likeness (QED) is 0.241. The third-order valence-electron chi connectivity index (χ3n) is 5.54. The second-order valence-electron chi connectivity index (χ2n) is 7.94. The van der Waals surface area contributed by atoms with E-state index < -0.39 is 5.91 Å². The van der Waals surface area contributed by atoms with Crippen molar-refractivity contribution in [2.45, 2.75) is 6.92 Å². The maximum Gasteiger partial charge on any atom is 0.291 e. The van der Waals surface area contributed by atoms with Crippen molar-refractivity contribution in [3.8, 4) is 16.9 Å². The van der Waals surface area contributed by atoms with E-state index in [0.29, 0.717) is 5.02 Å². The lowest BCUT2D eigenvalue weighted by atomic mass is 10.0. The summed E-state index contributed by atoms with van der Waals surface area (Å²) >= 11 is 5.91. The minimum Gasteiger partial charge on any atom is -0.265 e. The first-order valence-electron chi connectivity index (χ1n) is 10.8. The molecule has 34 heavy (non-hydrogen) atoms. The van der Waals surface area contributed by atoms with Gasteiger partial charge in [0.15, 0.2) is 5.69 Å². The van der Waals surface area contributed by atoms with Crippen molar-refractivity contribution in [2.24, 2.45) is 5.10 Å². The van der Waals surface area contributed by atoms with Crippen LogP contribution in [0.25, 0.3) is 27.7 Å². The van der Waals surface area contributed by atoms with Crippen LogP contribution in [0.5, 0.6) is 0 Å². The molecule has 1 N–H and O–H groups in total. The molecule has 5 aromatic rings. The van der Waals surface area contributed by atoms with Gasteiger partial charge < -0.3 is 0 Å². The zero-order valence-corrected chi connectivity index (χ0v) is 19.2. The number of rotatable bonds is 5. The lowest BCUT2D eigenvalue weighted by Gasteiger charge is -2.10. The van der Waals surface area contributed by atoms with Crippen LogP contribution < -0.4 is 5.43 Å². The lowest BCUT2D eigenvalue weighted by molar-refractivity contribution is 0.0949. The third-order valence-corrected chi connectivity index (χ3v) is 5.79. The number of aryl methyl sites for hydroxylation is 1. The number of hydrogen-bond donors (Lipinski definition) is 1. The summed E-state index contributed by atoms with van der Waals surface area (Å²) in [6.45, 7) is 2.04. The molecule has 166 valence electrons. The number of carbonyl (C=O) groups excluding carboxylic acids is 1. The van der Waals surface area contributed by atoms with Crippen molar-refractivity contribution in [2.75, 3.05) is 0 Å². The van der Waals surface area contributed by atoms with Gasteiger partial charge in [0.05, 0.1) is 17.6 Å². The molecule has 5 nitrogen and oxygen atoms in total. The monoisotopic (exact) mass is 464 g/mol. The van der Waals surface area contributed by atoms with Crippen LogP contribution in [-0.2, 0) is 0 Å². The van der Waals surface area contributed by atoms with E-state index in [1.165, 1.54) is 0 Å². The fraction of sp³-hybridized carbons (Fsp3) is 0.0357. The number of nitrogens with zero attached hydrogens (tertiary/aromatic N) is 3. The molecule has 1 heterocycles. The zero-order valence-electron chi connectivity index (χ0n) is 18.4. The predicted octanol–water partition coefficient (Wildman–Crippen LogP) is 6.42. The highest BCUT2D eigenvalue weighted by atomic mass is 35.5. The van der Waals surface area contributed by atoms with Crippen LogP contribution in [0, 0.1) is 6.92 Å². The van der Waals surface area contributed by atoms with Crippen LogP contribution in [0.2, 0.25) is 5.02 Å². The summed E-state index contributed by atoms with van der Waals surface area (Å²) in [5.74, 6) is -0.391. The number of fused-ring (bicyclic) bond motifs is 1. The fourth-order valence-corrected chi connectivity index (χ4v) is 3.91. The van der Waals surface area contributed by atoms with Crippen molar-refractivity contribution >= 4 is 34.5 Å². The Morgan fingerprint density at radius 2 is 1.68 bits per heavy atom. The maximum atomic E-state index is 12.9. The molecule has 5 rings (SSSR count). The summed E-state index contributed by atoms with van der Waals surface area (Å²) in [6.07, 6.45) is 1.57. The number of halogens is 1. The molecule has 6 heteroatoms. The van der Waals surface area contributed by atoms with Crippen molar-refractivity contribution in [1.82, 2.24) is 15.2 Å². The molecule has 0 spiro atoms. The van der Waals surface area contributed by atoms with Crippen LogP contribution in [-0.4, -0.2) is 21.9 Å². The van der Waals surface area contributed by atoms with Gasteiger partial charge in [-0.15, -0.1) is 0 Å². The van der Waals surface area contributed by atoms with Gasteiger partial charge in [-0.2, -0.15) is 10.2 Å². The first-order chi connectivity index (χ1) is 16.6. The number of benzene rings is 4. The molecular formula is C28H21ClN4O. The van der Waals surface area contributed by atoms with Gasteiger partial charge in [-0.05, 0) is 53.6 Å². The van der Waals surface area contributed by atoms with Gasteiger partial charge in [-0.1, -0.05) is 83.9 Å². The predicted molar refractivity (Wildman–Crippen MR) is 138 cm³/mol. The van der Waals surface area contributed by atoms with Crippen molar-refractivity contribution in [3.05, 3.63) is 119 Å². The molecule has 0 saturated carbocycles. The summed E-state index contributed by atoms with van der Waals surface area (Å²) in [5, 5.41) is 11.6. The first-order valence-corrected chi connectivity index (χ1v) is 11.2. The molecule has 0 fully saturated rings. The molecular weight excluding hydrogens is 444 g/mol. The third kappa shape index (κ3) is 4.47. The Labute approximate surface area is 202 Å². The minimum atomic E-state index is -0.391. The highest BCUT2D eigenvalue weighted by Crippen LogP contribution is 2.31. The normalized spacial score (nSPS) is 11.2. The summed E-state index contributed by atoms with van der Waals surface area (Å²) in [7, 11) is 0. The Hall–Kier alpha value is -4.22. The van der Waals surface area contributed by atoms with Crippen LogP contribution >= 0.6 is 11.6 Å². The molecule has 0 atom stereocenters. The Balaban J connectivity index is 1.53. The molecule has 0 aliphatic heterocycles. The van der Waals surface area contributed by atoms with Crippen molar-refractivity contribution < 1.29 is 4.79 Å². The largest absolute Gasteiger partial charge is 0.291 e. The summed E-state index contributed by atoms with van der Waals surface area (Å²) in [4.78, 5) is 12.9. The van der Waals surface area contributed by atoms with Gasteiger partial charge in [0.2, 0.25) is 0 Å². The standard InChI is InChI=1S/C28H21ClN4O/c1-19-9-15-23(16-10-19)33-27(25-8-4-6-21-5-2-3-7-24(21)25)17-26(32-33)28(34)31-30-18-20-11-13-22(29)14-12-20/h2-18H,1H3,(H,31,34)/b30-18-. The van der Waals surface area contributed by atoms with Crippen LogP contribution in [0.1, 0.15) is 21.6 Å². The summed E-state index contributed by atoms with van der Waals surface area (Å²) in [6, 6.07) is 31.3. The van der Waals surface area contributed by atoms with E-state index >= 15 is 0 Å². The average molecular weight is 465 g/mol. The van der Waals surface area contributed by atoms with Gasteiger partial charge >= 0.3 is 0 Å². The first kappa shape index (κ1) is 21.6. The smallest absolute Gasteiger partial charge is 0.265 e. The topological polar surface area (TPSA) is 59.3 Å². The number of hydrazone groups is 1. The van der Waals surface area contributed by atoms with E-state index in [4.69, 9.17) is 11.6 Å². The number of aromatic nitrogens is 2. The fourth-order valence-electron chi connectivity index (χ4n) is 3.79. The van der Waals surface area contributed by atoms with Crippen molar-refractivity contribution in [3.63, 3.8) is 0 Å². The summed E-state index contributed by atoms with van der Waals surface area (Å²) < 4.78 is 1.80. The second kappa shape index (κ2) is 9.33.